The molecule has 0 aliphatic carbocycles. The van der Waals surface area contributed by atoms with E-state index in [0.717, 1.165) is 12.1 Å². The molecule has 0 amide bonds. The summed E-state index contributed by atoms with van der Waals surface area (Å²) >= 11 is 3.17. The normalized spacial score (nSPS) is 13.5. The van der Waals surface area contributed by atoms with Gasteiger partial charge in [0.05, 0.1) is 11.1 Å². The van der Waals surface area contributed by atoms with E-state index < -0.39 is 11.7 Å². The molecule has 0 aliphatic rings. The van der Waals surface area contributed by atoms with Crippen molar-refractivity contribution in [1.29, 1.82) is 0 Å². The summed E-state index contributed by atoms with van der Waals surface area (Å²) in [5.74, 6) is 0.387. The molecule has 8 heteroatoms. The van der Waals surface area contributed by atoms with Crippen LogP contribution in [0.2, 0.25) is 0 Å². The first-order chi connectivity index (χ1) is 9.27. The third kappa shape index (κ3) is 3.37. The third-order valence-electron chi connectivity index (χ3n) is 2.50. The molecule has 108 valence electrons. The van der Waals surface area contributed by atoms with Crippen LogP contribution in [0.1, 0.15) is 18.3 Å². The molecule has 20 heavy (non-hydrogen) atoms. The summed E-state index contributed by atoms with van der Waals surface area (Å²) in [6.07, 6.45) is -4.04. The summed E-state index contributed by atoms with van der Waals surface area (Å²) in [4.78, 5) is 4.05. The maximum Gasteiger partial charge on any atom is 0.416 e. The van der Waals surface area contributed by atoms with Crippen LogP contribution in [-0.2, 0) is 12.6 Å². The van der Waals surface area contributed by atoms with Gasteiger partial charge >= 0.3 is 6.18 Å². The van der Waals surface area contributed by atoms with Crippen LogP contribution in [0, 0.1) is 0 Å². The van der Waals surface area contributed by atoms with Gasteiger partial charge in [-0.2, -0.15) is 18.2 Å². The lowest BCUT2D eigenvalue weighted by Gasteiger charge is -2.08. The van der Waals surface area contributed by atoms with Gasteiger partial charge in [0.25, 0.3) is 5.89 Å². The first kappa shape index (κ1) is 15.0. The van der Waals surface area contributed by atoms with Crippen molar-refractivity contribution in [1.82, 2.24) is 10.1 Å². The van der Waals surface area contributed by atoms with Gasteiger partial charge in [-0.15, -0.1) is 0 Å². The van der Waals surface area contributed by atoms with Crippen LogP contribution in [0.5, 0.6) is 0 Å². The number of rotatable bonds is 3. The average Bonchev–Trinajstić information content (AvgIpc) is 2.75. The zero-order valence-corrected chi connectivity index (χ0v) is 12.0. The molecule has 2 rings (SSSR count). The van der Waals surface area contributed by atoms with Crippen LogP contribution in [0.25, 0.3) is 11.5 Å². The molecule has 0 aliphatic heterocycles. The summed E-state index contributed by atoms with van der Waals surface area (Å²) in [5, 5.41) is 3.70. The monoisotopic (exact) mass is 349 g/mol. The molecule has 1 heterocycles. The number of nitrogens with two attached hydrogens (primary N) is 1. The Morgan fingerprint density at radius 2 is 2.10 bits per heavy atom. The van der Waals surface area contributed by atoms with Crippen molar-refractivity contribution >= 4 is 15.9 Å². The Labute approximate surface area is 121 Å². The molecule has 0 radical (unpaired) electrons. The van der Waals surface area contributed by atoms with E-state index in [4.69, 9.17) is 10.3 Å². The van der Waals surface area contributed by atoms with Crippen LogP contribution >= 0.6 is 15.9 Å². The quantitative estimate of drug-likeness (QED) is 0.922. The summed E-state index contributed by atoms with van der Waals surface area (Å²) in [6.45, 7) is 1.77. The Hall–Kier alpha value is -1.41. The number of benzene rings is 1. The van der Waals surface area contributed by atoms with Crippen LogP contribution < -0.4 is 5.73 Å². The van der Waals surface area contributed by atoms with Crippen molar-refractivity contribution < 1.29 is 17.7 Å². The smallest absolute Gasteiger partial charge is 0.334 e. The van der Waals surface area contributed by atoms with E-state index in [-0.39, 0.29) is 17.5 Å². The molecular weight excluding hydrogens is 339 g/mol. The Morgan fingerprint density at radius 1 is 1.40 bits per heavy atom. The lowest BCUT2D eigenvalue weighted by molar-refractivity contribution is -0.137. The van der Waals surface area contributed by atoms with E-state index in [1.54, 1.807) is 6.92 Å². The molecule has 0 spiro atoms. The second kappa shape index (κ2) is 5.53. The SMILES string of the molecule is CC(N)Cc1noc(-c2cc(C(F)(F)F)ccc2Br)n1. The minimum absolute atomic E-state index is 0.0265. The van der Waals surface area contributed by atoms with Crippen LogP contribution in [-0.4, -0.2) is 16.2 Å². The Morgan fingerprint density at radius 3 is 2.70 bits per heavy atom. The lowest BCUT2D eigenvalue weighted by atomic mass is 10.1. The van der Waals surface area contributed by atoms with Gasteiger partial charge in [-0.25, -0.2) is 0 Å². The van der Waals surface area contributed by atoms with Crippen molar-refractivity contribution in [3.05, 3.63) is 34.1 Å². The third-order valence-corrected chi connectivity index (χ3v) is 3.19. The maximum absolute atomic E-state index is 12.7. The first-order valence-corrected chi connectivity index (χ1v) is 6.52. The highest BCUT2D eigenvalue weighted by atomic mass is 79.9. The number of aromatic nitrogens is 2. The van der Waals surface area contributed by atoms with Gasteiger partial charge in [0, 0.05) is 16.9 Å². The molecule has 2 aromatic rings. The van der Waals surface area contributed by atoms with Crippen LogP contribution in [0.3, 0.4) is 0 Å². The number of alkyl halides is 3. The summed E-state index contributed by atoms with van der Waals surface area (Å²) in [7, 11) is 0. The van der Waals surface area contributed by atoms with E-state index >= 15 is 0 Å². The Kier molecular flexibility index (Phi) is 4.14. The summed E-state index contributed by atoms with van der Waals surface area (Å²) in [5.41, 5.74) is 5.03. The zero-order chi connectivity index (χ0) is 14.9. The largest absolute Gasteiger partial charge is 0.416 e. The fourth-order valence-corrected chi connectivity index (χ4v) is 2.02. The average molecular weight is 350 g/mol. The van der Waals surface area contributed by atoms with E-state index in [9.17, 15) is 13.2 Å². The van der Waals surface area contributed by atoms with Crippen molar-refractivity contribution in [3.63, 3.8) is 0 Å². The Bertz CT molecular complexity index is 610. The second-order valence-electron chi connectivity index (χ2n) is 4.39. The van der Waals surface area contributed by atoms with Gasteiger partial charge < -0.3 is 10.3 Å². The van der Waals surface area contributed by atoms with E-state index in [2.05, 4.69) is 26.1 Å². The predicted molar refractivity (Wildman–Crippen MR) is 69.8 cm³/mol. The summed E-state index contributed by atoms with van der Waals surface area (Å²) < 4.78 is 43.5. The summed E-state index contributed by atoms with van der Waals surface area (Å²) in [6, 6.07) is 3.08. The number of hydrogen-bond acceptors (Lipinski definition) is 4. The molecule has 0 fully saturated rings. The van der Waals surface area contributed by atoms with Crippen molar-refractivity contribution in [2.24, 2.45) is 5.73 Å². The molecule has 1 aromatic heterocycles. The van der Waals surface area contributed by atoms with Crippen molar-refractivity contribution in [2.45, 2.75) is 25.6 Å². The fourth-order valence-electron chi connectivity index (χ4n) is 1.60. The van der Waals surface area contributed by atoms with Gasteiger partial charge in [0.15, 0.2) is 5.82 Å². The number of hydrogen-bond donors (Lipinski definition) is 1. The minimum atomic E-state index is -4.43. The maximum atomic E-state index is 12.7. The lowest BCUT2D eigenvalue weighted by Crippen LogP contribution is -2.18. The molecular formula is C12H11BrF3N3O. The highest BCUT2D eigenvalue weighted by Gasteiger charge is 2.31. The molecule has 0 bridgehead atoms. The van der Waals surface area contributed by atoms with Gasteiger partial charge in [-0.1, -0.05) is 5.16 Å². The van der Waals surface area contributed by atoms with E-state index in [1.807, 2.05) is 0 Å². The highest BCUT2D eigenvalue weighted by Crippen LogP contribution is 2.35. The molecule has 0 saturated heterocycles. The van der Waals surface area contributed by atoms with Crippen molar-refractivity contribution in [2.75, 3.05) is 0 Å². The fraction of sp³-hybridized carbons (Fsp3) is 0.333. The van der Waals surface area contributed by atoms with Gasteiger partial charge in [-0.05, 0) is 41.1 Å². The van der Waals surface area contributed by atoms with Crippen molar-refractivity contribution in [3.8, 4) is 11.5 Å². The van der Waals surface area contributed by atoms with E-state index in [0.29, 0.717) is 16.7 Å². The van der Waals surface area contributed by atoms with Gasteiger partial charge in [-0.3, -0.25) is 0 Å². The molecule has 1 unspecified atom stereocenters. The molecule has 0 saturated carbocycles. The minimum Gasteiger partial charge on any atom is -0.334 e. The molecule has 1 atom stereocenters. The van der Waals surface area contributed by atoms with Crippen LogP contribution in [0.15, 0.2) is 27.2 Å². The van der Waals surface area contributed by atoms with Crippen LogP contribution in [0.4, 0.5) is 13.2 Å². The second-order valence-corrected chi connectivity index (χ2v) is 5.24. The van der Waals surface area contributed by atoms with E-state index in [1.165, 1.54) is 6.07 Å². The standard InChI is InChI=1S/C12H11BrF3N3O/c1-6(17)4-10-18-11(20-19-10)8-5-7(12(14,15)16)2-3-9(8)13/h2-3,5-6H,4,17H2,1H3. The zero-order valence-electron chi connectivity index (χ0n) is 10.4. The topological polar surface area (TPSA) is 64.9 Å². The molecule has 2 N–H and O–H groups in total. The highest BCUT2D eigenvalue weighted by molar-refractivity contribution is 9.10. The molecule has 1 aromatic carbocycles. The Balaban J connectivity index is 2.39. The first-order valence-electron chi connectivity index (χ1n) is 5.72. The molecule has 4 nitrogen and oxygen atoms in total. The van der Waals surface area contributed by atoms with Gasteiger partial charge in [0.1, 0.15) is 0 Å². The number of halogens is 4. The predicted octanol–water partition coefficient (Wildman–Crippen LogP) is 3.41. The van der Waals surface area contributed by atoms with Gasteiger partial charge in [0.2, 0.25) is 0 Å². The number of nitrogens with zero attached hydrogens (tertiary/aromatic N) is 2.